The van der Waals surface area contributed by atoms with E-state index in [0.29, 0.717) is 6.54 Å². The van der Waals surface area contributed by atoms with Gasteiger partial charge in [-0.15, -0.1) is 0 Å². The summed E-state index contributed by atoms with van der Waals surface area (Å²) in [7, 11) is 0. The van der Waals surface area contributed by atoms with Crippen molar-refractivity contribution in [3.8, 4) is 0 Å². The molecule has 0 aliphatic carbocycles. The fourth-order valence-electron chi connectivity index (χ4n) is 1.54. The summed E-state index contributed by atoms with van der Waals surface area (Å²) in [5.41, 5.74) is 6.92. The number of carbonyl (C=O) groups excluding carboxylic acids is 1. The maximum Gasteiger partial charge on any atom is 0.287 e. The number of halogens is 1. The predicted octanol–water partition coefficient (Wildman–Crippen LogP) is 2.36. The van der Waals surface area contributed by atoms with Crippen molar-refractivity contribution in [2.45, 2.75) is 6.04 Å². The fraction of sp³-hybridized carbons (Fsp3) is 0.154. The van der Waals surface area contributed by atoms with Crippen LogP contribution in [0.15, 0.2) is 46.9 Å². The minimum Gasteiger partial charge on any atom is -0.440 e. The highest BCUT2D eigenvalue weighted by Gasteiger charge is 2.12. The molecule has 0 radical (unpaired) electrons. The number of furan rings is 1. The number of hydrogen-bond donors (Lipinski definition) is 2. The standard InChI is InChI=1S/C13H13ClN2O2/c14-12-7-6-11(18-12)13(17)16-8-10(15)9-4-2-1-3-5-9/h1-7,10H,8,15H2,(H,16,17). The molecular formula is C13H13ClN2O2. The van der Waals surface area contributed by atoms with Gasteiger partial charge in [-0.3, -0.25) is 4.79 Å². The Hall–Kier alpha value is -1.78. The smallest absolute Gasteiger partial charge is 0.287 e. The van der Waals surface area contributed by atoms with Gasteiger partial charge in [0.1, 0.15) is 0 Å². The van der Waals surface area contributed by atoms with Gasteiger partial charge >= 0.3 is 0 Å². The van der Waals surface area contributed by atoms with Crippen LogP contribution in [-0.4, -0.2) is 12.5 Å². The highest BCUT2D eigenvalue weighted by molar-refractivity contribution is 6.29. The van der Waals surface area contributed by atoms with Crippen LogP contribution in [-0.2, 0) is 0 Å². The molecule has 1 amide bonds. The second-order valence-corrected chi connectivity index (χ2v) is 4.20. The van der Waals surface area contributed by atoms with Crippen molar-refractivity contribution in [2.75, 3.05) is 6.54 Å². The van der Waals surface area contributed by atoms with E-state index in [1.54, 1.807) is 0 Å². The Kier molecular flexibility index (Phi) is 4.02. The van der Waals surface area contributed by atoms with Crippen molar-refractivity contribution in [2.24, 2.45) is 5.73 Å². The molecule has 1 unspecified atom stereocenters. The first-order valence-electron chi connectivity index (χ1n) is 5.51. The molecule has 1 heterocycles. The molecule has 2 aromatic rings. The topological polar surface area (TPSA) is 68.3 Å². The van der Waals surface area contributed by atoms with Crippen LogP contribution in [0.3, 0.4) is 0 Å². The Labute approximate surface area is 110 Å². The average Bonchev–Trinajstić information content (AvgIpc) is 2.83. The monoisotopic (exact) mass is 264 g/mol. The van der Waals surface area contributed by atoms with E-state index in [-0.39, 0.29) is 22.9 Å². The highest BCUT2D eigenvalue weighted by atomic mass is 35.5. The van der Waals surface area contributed by atoms with Crippen molar-refractivity contribution in [1.29, 1.82) is 0 Å². The third-order valence-corrected chi connectivity index (χ3v) is 2.71. The van der Waals surface area contributed by atoms with E-state index >= 15 is 0 Å². The van der Waals surface area contributed by atoms with Crippen molar-refractivity contribution in [3.05, 3.63) is 59.0 Å². The SMILES string of the molecule is NC(CNC(=O)c1ccc(Cl)o1)c1ccccc1. The number of benzene rings is 1. The zero-order chi connectivity index (χ0) is 13.0. The van der Waals surface area contributed by atoms with Gasteiger partial charge in [-0.2, -0.15) is 0 Å². The Morgan fingerprint density at radius 2 is 2.00 bits per heavy atom. The molecule has 1 aromatic heterocycles. The van der Waals surface area contributed by atoms with Gasteiger partial charge in [-0.25, -0.2) is 0 Å². The molecule has 0 spiro atoms. The first-order valence-corrected chi connectivity index (χ1v) is 5.88. The molecule has 5 heteroatoms. The van der Waals surface area contributed by atoms with Gasteiger partial charge in [0, 0.05) is 12.6 Å². The number of nitrogens with one attached hydrogen (secondary N) is 1. The maximum absolute atomic E-state index is 11.7. The second kappa shape index (κ2) is 5.71. The molecule has 0 aliphatic rings. The lowest BCUT2D eigenvalue weighted by Crippen LogP contribution is -2.31. The summed E-state index contributed by atoms with van der Waals surface area (Å²) in [6, 6.07) is 12.4. The van der Waals surface area contributed by atoms with Gasteiger partial charge in [-0.1, -0.05) is 30.3 Å². The molecule has 1 aromatic carbocycles. The fourth-order valence-corrected chi connectivity index (χ4v) is 1.69. The third kappa shape index (κ3) is 3.12. The lowest BCUT2D eigenvalue weighted by molar-refractivity contribution is 0.0923. The van der Waals surface area contributed by atoms with E-state index in [2.05, 4.69) is 5.32 Å². The molecule has 2 rings (SSSR count). The summed E-state index contributed by atoms with van der Waals surface area (Å²) in [6.07, 6.45) is 0. The summed E-state index contributed by atoms with van der Waals surface area (Å²) >= 11 is 5.59. The van der Waals surface area contributed by atoms with Gasteiger partial charge in [0.05, 0.1) is 0 Å². The Morgan fingerprint density at radius 1 is 1.28 bits per heavy atom. The largest absolute Gasteiger partial charge is 0.440 e. The molecule has 0 fully saturated rings. The van der Waals surface area contributed by atoms with E-state index in [4.69, 9.17) is 21.8 Å². The van der Waals surface area contributed by atoms with E-state index in [0.717, 1.165) is 5.56 Å². The van der Waals surface area contributed by atoms with E-state index < -0.39 is 0 Å². The molecule has 18 heavy (non-hydrogen) atoms. The lowest BCUT2D eigenvalue weighted by Gasteiger charge is -2.12. The second-order valence-electron chi connectivity index (χ2n) is 3.83. The predicted molar refractivity (Wildman–Crippen MR) is 69.4 cm³/mol. The first kappa shape index (κ1) is 12.7. The summed E-state index contributed by atoms with van der Waals surface area (Å²) in [5, 5.41) is 2.88. The molecule has 0 bridgehead atoms. The van der Waals surface area contributed by atoms with Crippen molar-refractivity contribution in [3.63, 3.8) is 0 Å². The normalized spacial score (nSPS) is 12.1. The summed E-state index contributed by atoms with van der Waals surface area (Å²) in [6.45, 7) is 0.334. The van der Waals surface area contributed by atoms with Crippen molar-refractivity contribution in [1.82, 2.24) is 5.32 Å². The average molecular weight is 265 g/mol. The number of amides is 1. The van der Waals surface area contributed by atoms with Crippen LogP contribution in [0.25, 0.3) is 0 Å². The van der Waals surface area contributed by atoms with Gasteiger partial charge in [0.2, 0.25) is 0 Å². The van der Waals surface area contributed by atoms with Gasteiger partial charge in [-0.05, 0) is 29.3 Å². The Bertz CT molecular complexity index is 525. The molecular weight excluding hydrogens is 252 g/mol. The van der Waals surface area contributed by atoms with Crippen LogP contribution in [0.2, 0.25) is 5.22 Å². The van der Waals surface area contributed by atoms with Crippen molar-refractivity contribution >= 4 is 17.5 Å². The zero-order valence-electron chi connectivity index (χ0n) is 9.60. The van der Waals surface area contributed by atoms with Crippen molar-refractivity contribution < 1.29 is 9.21 Å². The molecule has 0 saturated heterocycles. The summed E-state index contributed by atoms with van der Waals surface area (Å²) in [4.78, 5) is 11.7. The molecule has 0 saturated carbocycles. The molecule has 1 atom stereocenters. The Morgan fingerprint density at radius 3 is 2.61 bits per heavy atom. The van der Waals surface area contributed by atoms with Crippen LogP contribution in [0, 0.1) is 0 Å². The number of hydrogen-bond acceptors (Lipinski definition) is 3. The molecule has 0 aliphatic heterocycles. The van der Waals surface area contributed by atoms with Crippen LogP contribution in [0.5, 0.6) is 0 Å². The number of carbonyl (C=O) groups is 1. The van der Waals surface area contributed by atoms with Gasteiger partial charge in [0.25, 0.3) is 5.91 Å². The highest BCUT2D eigenvalue weighted by Crippen LogP contribution is 2.13. The molecule has 94 valence electrons. The number of rotatable bonds is 4. The van der Waals surface area contributed by atoms with Crippen LogP contribution < -0.4 is 11.1 Å². The summed E-state index contributed by atoms with van der Waals surface area (Å²) in [5.74, 6) is -0.145. The summed E-state index contributed by atoms with van der Waals surface area (Å²) < 4.78 is 5.00. The van der Waals surface area contributed by atoms with Crippen LogP contribution in [0.1, 0.15) is 22.2 Å². The van der Waals surface area contributed by atoms with E-state index in [1.807, 2.05) is 30.3 Å². The van der Waals surface area contributed by atoms with Gasteiger partial charge < -0.3 is 15.5 Å². The molecule has 4 nitrogen and oxygen atoms in total. The lowest BCUT2D eigenvalue weighted by atomic mass is 10.1. The third-order valence-electron chi connectivity index (χ3n) is 2.51. The molecule has 3 N–H and O–H groups in total. The Balaban J connectivity index is 1.90. The van der Waals surface area contributed by atoms with Crippen LogP contribution >= 0.6 is 11.6 Å². The van der Waals surface area contributed by atoms with E-state index in [9.17, 15) is 4.79 Å². The number of nitrogens with two attached hydrogens (primary N) is 1. The van der Waals surface area contributed by atoms with E-state index in [1.165, 1.54) is 12.1 Å². The quantitative estimate of drug-likeness (QED) is 0.891. The van der Waals surface area contributed by atoms with Gasteiger partial charge in [0.15, 0.2) is 11.0 Å². The minimum atomic E-state index is -0.326. The van der Waals surface area contributed by atoms with Crippen LogP contribution in [0.4, 0.5) is 0 Å². The first-order chi connectivity index (χ1) is 8.66. The minimum absolute atomic E-state index is 0.181. The maximum atomic E-state index is 11.7. The zero-order valence-corrected chi connectivity index (χ0v) is 10.4.